The van der Waals surface area contributed by atoms with Crippen LogP contribution in [0.5, 0.6) is 0 Å². The van der Waals surface area contributed by atoms with Gasteiger partial charge in [-0.1, -0.05) is 41.4 Å². The lowest BCUT2D eigenvalue weighted by Gasteiger charge is -2.11. The third kappa shape index (κ3) is 7.36. The molecule has 0 aliphatic carbocycles. The SMILES string of the molecule is COCCCNC(=O)c1ccccc1NC(=O)CSCc1ccc(Cl)c(Cl)c1. The van der Waals surface area contributed by atoms with Crippen LogP contribution in [0.2, 0.25) is 10.0 Å². The Morgan fingerprint density at radius 1 is 1.11 bits per heavy atom. The molecule has 28 heavy (non-hydrogen) atoms. The Kier molecular flexibility index (Phi) is 9.64. The van der Waals surface area contributed by atoms with E-state index in [1.807, 2.05) is 6.07 Å². The predicted molar refractivity (Wildman–Crippen MR) is 117 cm³/mol. The number of para-hydroxylation sites is 1. The highest BCUT2D eigenvalue weighted by atomic mass is 35.5. The number of amides is 2. The molecule has 2 N–H and O–H groups in total. The topological polar surface area (TPSA) is 67.4 Å². The minimum absolute atomic E-state index is 0.176. The fourth-order valence-electron chi connectivity index (χ4n) is 2.38. The highest BCUT2D eigenvalue weighted by Crippen LogP contribution is 2.24. The fraction of sp³-hybridized carbons (Fsp3) is 0.300. The summed E-state index contributed by atoms with van der Waals surface area (Å²) in [6, 6.07) is 12.3. The molecule has 0 saturated carbocycles. The average molecular weight is 441 g/mol. The van der Waals surface area contributed by atoms with Crippen LogP contribution in [0.25, 0.3) is 0 Å². The zero-order chi connectivity index (χ0) is 20.4. The molecule has 2 aromatic carbocycles. The lowest BCUT2D eigenvalue weighted by atomic mass is 10.1. The molecular weight excluding hydrogens is 419 g/mol. The van der Waals surface area contributed by atoms with Crippen LogP contribution >= 0.6 is 35.0 Å². The Morgan fingerprint density at radius 3 is 2.64 bits per heavy atom. The van der Waals surface area contributed by atoms with Crippen LogP contribution in [-0.4, -0.2) is 37.8 Å². The van der Waals surface area contributed by atoms with Crippen LogP contribution in [0.4, 0.5) is 5.69 Å². The minimum Gasteiger partial charge on any atom is -0.385 e. The number of carbonyl (C=O) groups excluding carboxylic acids is 2. The third-order valence-electron chi connectivity index (χ3n) is 3.74. The predicted octanol–water partition coefficient (Wildman–Crippen LogP) is 4.63. The number of nitrogens with one attached hydrogen (secondary N) is 2. The van der Waals surface area contributed by atoms with Gasteiger partial charge in [-0.3, -0.25) is 9.59 Å². The van der Waals surface area contributed by atoms with Gasteiger partial charge in [0.15, 0.2) is 0 Å². The molecule has 2 aromatic rings. The van der Waals surface area contributed by atoms with Crippen molar-refractivity contribution in [3.63, 3.8) is 0 Å². The van der Waals surface area contributed by atoms with E-state index in [-0.39, 0.29) is 17.6 Å². The molecule has 0 heterocycles. The van der Waals surface area contributed by atoms with E-state index in [0.29, 0.717) is 40.2 Å². The van der Waals surface area contributed by atoms with Crippen molar-refractivity contribution in [1.82, 2.24) is 5.32 Å². The lowest BCUT2D eigenvalue weighted by Crippen LogP contribution is -2.27. The Balaban J connectivity index is 1.85. The maximum absolute atomic E-state index is 12.3. The zero-order valence-corrected chi connectivity index (χ0v) is 17.8. The van der Waals surface area contributed by atoms with Crippen LogP contribution in [0.3, 0.4) is 0 Å². The van der Waals surface area contributed by atoms with Crippen molar-refractivity contribution in [2.45, 2.75) is 12.2 Å². The Labute approximate surface area is 179 Å². The van der Waals surface area contributed by atoms with Gasteiger partial charge >= 0.3 is 0 Å². The van der Waals surface area contributed by atoms with Gasteiger partial charge in [-0.25, -0.2) is 0 Å². The fourth-order valence-corrected chi connectivity index (χ4v) is 3.48. The number of ether oxygens (including phenoxy) is 1. The molecule has 0 aliphatic heterocycles. The highest BCUT2D eigenvalue weighted by molar-refractivity contribution is 7.99. The molecular formula is C20H22Cl2N2O3S. The monoisotopic (exact) mass is 440 g/mol. The van der Waals surface area contributed by atoms with E-state index in [1.54, 1.807) is 43.5 Å². The molecule has 8 heteroatoms. The van der Waals surface area contributed by atoms with Crippen LogP contribution in [0.1, 0.15) is 22.3 Å². The van der Waals surface area contributed by atoms with Crippen molar-refractivity contribution < 1.29 is 14.3 Å². The standard InChI is InChI=1S/C20H22Cl2N2O3S/c1-27-10-4-9-23-20(26)15-5-2-3-6-18(15)24-19(25)13-28-12-14-7-8-16(21)17(22)11-14/h2-3,5-8,11H,4,9-10,12-13H2,1H3,(H,23,26)(H,24,25). The third-order valence-corrected chi connectivity index (χ3v) is 5.49. The molecule has 0 spiro atoms. The first kappa shape index (κ1) is 22.6. The normalized spacial score (nSPS) is 10.5. The number of thioether (sulfide) groups is 1. The highest BCUT2D eigenvalue weighted by Gasteiger charge is 2.13. The summed E-state index contributed by atoms with van der Waals surface area (Å²) in [6.07, 6.45) is 0.724. The molecule has 0 atom stereocenters. The summed E-state index contributed by atoms with van der Waals surface area (Å²) in [5, 5.41) is 6.63. The van der Waals surface area contributed by atoms with Crippen molar-refractivity contribution in [2.75, 3.05) is 31.3 Å². The first-order chi connectivity index (χ1) is 13.5. The number of hydrogen-bond acceptors (Lipinski definition) is 4. The van der Waals surface area contributed by atoms with Crippen LogP contribution in [-0.2, 0) is 15.3 Å². The molecule has 0 aromatic heterocycles. The Bertz CT molecular complexity index is 818. The maximum atomic E-state index is 12.3. The first-order valence-corrected chi connectivity index (χ1v) is 10.6. The van der Waals surface area contributed by atoms with E-state index >= 15 is 0 Å². The average Bonchev–Trinajstić information content (AvgIpc) is 2.68. The molecule has 0 aliphatic rings. The number of carbonyl (C=O) groups is 2. The summed E-state index contributed by atoms with van der Waals surface area (Å²) in [5.41, 5.74) is 1.91. The van der Waals surface area contributed by atoms with Gasteiger partial charge in [0, 0.05) is 26.0 Å². The van der Waals surface area contributed by atoms with Crippen molar-refractivity contribution in [3.8, 4) is 0 Å². The van der Waals surface area contributed by atoms with Gasteiger partial charge < -0.3 is 15.4 Å². The van der Waals surface area contributed by atoms with E-state index < -0.39 is 0 Å². The quantitative estimate of drug-likeness (QED) is 0.528. The Morgan fingerprint density at radius 2 is 1.89 bits per heavy atom. The molecule has 2 rings (SSSR count). The Hall–Kier alpha value is -1.73. The molecule has 0 fully saturated rings. The molecule has 0 bridgehead atoms. The summed E-state index contributed by atoms with van der Waals surface area (Å²) in [5.74, 6) is 0.482. The van der Waals surface area contributed by atoms with Crippen LogP contribution < -0.4 is 10.6 Å². The second-order valence-electron chi connectivity index (χ2n) is 5.94. The van der Waals surface area contributed by atoms with Gasteiger partial charge in [-0.05, 0) is 36.2 Å². The largest absolute Gasteiger partial charge is 0.385 e. The smallest absolute Gasteiger partial charge is 0.253 e. The van der Waals surface area contributed by atoms with E-state index in [0.717, 1.165) is 12.0 Å². The van der Waals surface area contributed by atoms with Gasteiger partial charge in [-0.2, -0.15) is 0 Å². The summed E-state index contributed by atoms with van der Waals surface area (Å²) in [6.45, 7) is 1.09. The number of hydrogen-bond donors (Lipinski definition) is 2. The molecule has 0 saturated heterocycles. The second kappa shape index (κ2) is 12.0. The number of rotatable bonds is 10. The van der Waals surface area contributed by atoms with Gasteiger partial charge in [0.2, 0.25) is 5.91 Å². The van der Waals surface area contributed by atoms with Crippen molar-refractivity contribution in [1.29, 1.82) is 0 Å². The summed E-state index contributed by atoms with van der Waals surface area (Å²) >= 11 is 13.4. The minimum atomic E-state index is -0.226. The molecule has 5 nitrogen and oxygen atoms in total. The van der Waals surface area contributed by atoms with Crippen molar-refractivity contribution in [3.05, 3.63) is 63.6 Å². The maximum Gasteiger partial charge on any atom is 0.253 e. The number of methoxy groups -OCH3 is 1. The first-order valence-electron chi connectivity index (χ1n) is 8.69. The van der Waals surface area contributed by atoms with E-state index in [4.69, 9.17) is 27.9 Å². The number of benzene rings is 2. The van der Waals surface area contributed by atoms with Crippen LogP contribution in [0.15, 0.2) is 42.5 Å². The lowest BCUT2D eigenvalue weighted by molar-refractivity contribution is -0.113. The summed E-state index contributed by atoms with van der Waals surface area (Å²) < 4.78 is 4.96. The summed E-state index contributed by atoms with van der Waals surface area (Å²) in [4.78, 5) is 24.6. The van der Waals surface area contributed by atoms with Crippen molar-refractivity contribution in [2.24, 2.45) is 0 Å². The second-order valence-corrected chi connectivity index (χ2v) is 7.74. The molecule has 0 unspecified atom stereocenters. The zero-order valence-electron chi connectivity index (χ0n) is 15.5. The van der Waals surface area contributed by atoms with Gasteiger partial charge in [-0.15, -0.1) is 11.8 Å². The van der Waals surface area contributed by atoms with Gasteiger partial charge in [0.1, 0.15) is 0 Å². The molecule has 150 valence electrons. The van der Waals surface area contributed by atoms with Gasteiger partial charge in [0.05, 0.1) is 27.0 Å². The van der Waals surface area contributed by atoms with E-state index in [2.05, 4.69) is 10.6 Å². The van der Waals surface area contributed by atoms with Crippen molar-refractivity contribution >= 4 is 52.5 Å². The number of anilines is 1. The molecule has 2 amide bonds. The number of halogens is 2. The van der Waals surface area contributed by atoms with E-state index in [9.17, 15) is 9.59 Å². The summed E-state index contributed by atoms with van der Waals surface area (Å²) in [7, 11) is 1.62. The van der Waals surface area contributed by atoms with Crippen LogP contribution in [0, 0.1) is 0 Å². The molecule has 0 radical (unpaired) electrons. The van der Waals surface area contributed by atoms with Gasteiger partial charge in [0.25, 0.3) is 5.91 Å². The van der Waals surface area contributed by atoms with E-state index in [1.165, 1.54) is 11.8 Å².